The van der Waals surface area contributed by atoms with Crippen molar-refractivity contribution >= 4 is 11.5 Å². The van der Waals surface area contributed by atoms with Crippen molar-refractivity contribution in [1.29, 1.82) is 0 Å². The average Bonchev–Trinajstić information content (AvgIpc) is 2.66. The van der Waals surface area contributed by atoms with Crippen LogP contribution in [0.1, 0.15) is 103 Å². The van der Waals surface area contributed by atoms with Gasteiger partial charge in [-0.3, -0.25) is 0 Å². The predicted molar refractivity (Wildman–Crippen MR) is 128 cm³/mol. The zero-order chi connectivity index (χ0) is 22.7. The molecule has 0 fully saturated rings. The molecule has 0 heterocycles. The highest BCUT2D eigenvalue weighted by molar-refractivity contribution is 5.81. The van der Waals surface area contributed by atoms with Crippen molar-refractivity contribution < 1.29 is 14.6 Å². The van der Waals surface area contributed by atoms with E-state index < -0.39 is 5.97 Å². The third-order valence-corrected chi connectivity index (χ3v) is 5.15. The highest BCUT2D eigenvalue weighted by Gasteiger charge is 2.17. The molecule has 0 saturated carbocycles. The molecule has 166 valence electrons. The summed E-state index contributed by atoms with van der Waals surface area (Å²) in [7, 11) is 0. The number of hydrogen-bond donors (Lipinski definition) is 1. The maximum absolute atomic E-state index is 10.8. The van der Waals surface area contributed by atoms with Crippen LogP contribution in [0.3, 0.4) is 0 Å². The first-order chi connectivity index (χ1) is 14.2. The minimum Gasteiger partial charge on any atom is -0.493 e. The van der Waals surface area contributed by atoms with E-state index in [1.54, 1.807) is 6.92 Å². The fraction of sp³-hybridized carbons (Fsp3) is 0.519. The summed E-state index contributed by atoms with van der Waals surface area (Å²) in [4.78, 5) is 10.8. The van der Waals surface area contributed by atoms with Gasteiger partial charge in [0.15, 0.2) is 0 Å². The van der Waals surface area contributed by atoms with Crippen molar-refractivity contribution in [3.63, 3.8) is 0 Å². The third kappa shape index (κ3) is 8.61. The van der Waals surface area contributed by atoms with Gasteiger partial charge in [0.2, 0.25) is 0 Å². The Morgan fingerprint density at radius 3 is 2.33 bits per heavy atom. The van der Waals surface area contributed by atoms with Crippen molar-refractivity contribution in [2.75, 3.05) is 6.61 Å². The number of ether oxygens (including phenoxy) is 1. The normalized spacial score (nSPS) is 13.0. The van der Waals surface area contributed by atoms with Gasteiger partial charge in [-0.2, -0.15) is 0 Å². The molecular formula is C27H40O3. The van der Waals surface area contributed by atoms with Crippen molar-refractivity contribution in [3.05, 3.63) is 58.7 Å². The number of allylic oxidation sites excluding steroid dienone is 5. The van der Waals surface area contributed by atoms with Gasteiger partial charge in [-0.05, 0) is 60.4 Å². The van der Waals surface area contributed by atoms with Gasteiger partial charge in [0.25, 0.3) is 0 Å². The largest absolute Gasteiger partial charge is 0.493 e. The smallest absolute Gasteiger partial charge is 0.328 e. The van der Waals surface area contributed by atoms with Crippen molar-refractivity contribution in [3.8, 4) is 5.75 Å². The van der Waals surface area contributed by atoms with Gasteiger partial charge in [-0.15, -0.1) is 0 Å². The minimum absolute atomic E-state index is 0.372. The summed E-state index contributed by atoms with van der Waals surface area (Å²) in [6.07, 6.45) is 11.7. The quantitative estimate of drug-likeness (QED) is 0.216. The van der Waals surface area contributed by atoms with Crippen LogP contribution in [0, 0.1) is 0 Å². The number of aliphatic carboxylic acids is 1. The first-order valence-corrected chi connectivity index (χ1v) is 11.2. The lowest BCUT2D eigenvalue weighted by Crippen LogP contribution is -2.06. The fourth-order valence-corrected chi connectivity index (χ4v) is 3.27. The van der Waals surface area contributed by atoms with Crippen molar-refractivity contribution in [1.82, 2.24) is 0 Å². The Hall–Kier alpha value is -2.29. The number of rotatable bonds is 12. The average molecular weight is 413 g/mol. The molecule has 0 unspecified atom stereocenters. The van der Waals surface area contributed by atoms with E-state index in [0.29, 0.717) is 17.4 Å². The molecule has 1 N–H and O–H groups in total. The maximum atomic E-state index is 10.8. The maximum Gasteiger partial charge on any atom is 0.328 e. The summed E-state index contributed by atoms with van der Waals surface area (Å²) >= 11 is 0. The van der Waals surface area contributed by atoms with Crippen molar-refractivity contribution in [2.24, 2.45) is 0 Å². The Kier molecular flexibility index (Phi) is 11.2. The fourth-order valence-electron chi connectivity index (χ4n) is 3.27. The van der Waals surface area contributed by atoms with Crippen LogP contribution in [0.25, 0.3) is 5.57 Å². The predicted octanol–water partition coefficient (Wildman–Crippen LogP) is 7.88. The van der Waals surface area contributed by atoms with Crippen LogP contribution >= 0.6 is 0 Å². The number of carboxylic acid groups (broad SMARTS) is 1. The lowest BCUT2D eigenvalue weighted by atomic mass is 9.89. The van der Waals surface area contributed by atoms with Gasteiger partial charge in [-0.25, -0.2) is 4.79 Å². The molecule has 0 spiro atoms. The van der Waals surface area contributed by atoms with E-state index >= 15 is 0 Å². The lowest BCUT2D eigenvalue weighted by Gasteiger charge is -2.21. The molecular weight excluding hydrogens is 372 g/mol. The number of carboxylic acids is 1. The number of carbonyl (C=O) groups is 1. The second kappa shape index (κ2) is 13.1. The topological polar surface area (TPSA) is 46.5 Å². The molecule has 0 bridgehead atoms. The number of hydrogen-bond acceptors (Lipinski definition) is 2. The first kappa shape index (κ1) is 25.7. The minimum atomic E-state index is -0.928. The monoisotopic (exact) mass is 412 g/mol. The van der Waals surface area contributed by atoms with Gasteiger partial charge in [0.1, 0.15) is 5.75 Å². The summed E-state index contributed by atoms with van der Waals surface area (Å²) in [5, 5.41) is 8.87. The summed E-state index contributed by atoms with van der Waals surface area (Å²) in [5.74, 6) is 0.870. The highest BCUT2D eigenvalue weighted by Crippen LogP contribution is 2.37. The van der Waals surface area contributed by atoms with Crippen LogP contribution in [0.15, 0.2) is 42.0 Å². The summed E-state index contributed by atoms with van der Waals surface area (Å²) in [6.45, 7) is 15.7. The molecule has 0 aromatic heterocycles. The zero-order valence-electron chi connectivity index (χ0n) is 19.9. The molecule has 30 heavy (non-hydrogen) atoms. The van der Waals surface area contributed by atoms with E-state index in [1.807, 2.05) is 18.2 Å². The van der Waals surface area contributed by atoms with Crippen LogP contribution in [0.4, 0.5) is 0 Å². The summed E-state index contributed by atoms with van der Waals surface area (Å²) in [5.41, 5.74) is 5.51. The molecule has 0 amide bonds. The molecule has 1 rings (SSSR count). The molecule has 3 nitrogen and oxygen atoms in total. The van der Waals surface area contributed by atoms with E-state index in [1.165, 1.54) is 36.5 Å². The molecule has 0 aliphatic rings. The van der Waals surface area contributed by atoms with Crippen LogP contribution in [-0.4, -0.2) is 17.7 Å². The van der Waals surface area contributed by atoms with E-state index in [2.05, 4.69) is 53.7 Å². The van der Waals surface area contributed by atoms with E-state index in [9.17, 15) is 4.79 Å². The second-order valence-corrected chi connectivity index (χ2v) is 8.64. The third-order valence-electron chi connectivity index (χ3n) is 5.15. The van der Waals surface area contributed by atoms with Crippen LogP contribution < -0.4 is 4.74 Å². The highest BCUT2D eigenvalue weighted by atomic mass is 16.5. The molecule has 0 atom stereocenters. The Balaban J connectivity index is 3.31. The number of unbranched alkanes of at least 4 members (excludes halogenated alkanes) is 3. The van der Waals surface area contributed by atoms with Gasteiger partial charge < -0.3 is 9.84 Å². The molecule has 0 aliphatic heterocycles. The standard InChI is InChI=1S/C27H40O3/c1-8-9-10-11-15-30-27-24(20(4)5)17-23(19(2)3)18-25(27)22(7)14-12-13-21(6)16-26(28)29/h12-14,16-20H,8-11,15H2,1-7H3,(H,28,29). The van der Waals surface area contributed by atoms with Gasteiger partial charge in [0, 0.05) is 11.6 Å². The Morgan fingerprint density at radius 1 is 1.07 bits per heavy atom. The van der Waals surface area contributed by atoms with Crippen LogP contribution in [-0.2, 0) is 4.79 Å². The Bertz CT molecular complexity index is 780. The Morgan fingerprint density at radius 2 is 1.77 bits per heavy atom. The van der Waals surface area contributed by atoms with E-state index in [0.717, 1.165) is 29.9 Å². The summed E-state index contributed by atoms with van der Waals surface area (Å²) < 4.78 is 6.36. The molecule has 0 saturated heterocycles. The second-order valence-electron chi connectivity index (χ2n) is 8.64. The van der Waals surface area contributed by atoms with E-state index in [-0.39, 0.29) is 0 Å². The SMILES string of the molecule is CCCCCCOc1c(C(C)=CC=CC(C)=CC(=O)O)cc(C(C)C)cc1C(C)C. The molecule has 0 aliphatic carbocycles. The lowest BCUT2D eigenvalue weighted by molar-refractivity contribution is -0.131. The Labute approximate surface area is 183 Å². The van der Waals surface area contributed by atoms with Crippen LogP contribution in [0.5, 0.6) is 5.75 Å². The molecule has 3 heteroatoms. The molecule has 1 aromatic carbocycles. The van der Waals surface area contributed by atoms with Gasteiger partial charge >= 0.3 is 5.97 Å². The first-order valence-electron chi connectivity index (χ1n) is 11.2. The van der Waals surface area contributed by atoms with E-state index in [4.69, 9.17) is 9.84 Å². The van der Waals surface area contributed by atoms with Crippen LogP contribution in [0.2, 0.25) is 0 Å². The molecule has 1 aromatic rings. The van der Waals surface area contributed by atoms with Gasteiger partial charge in [-0.1, -0.05) is 78.2 Å². The zero-order valence-corrected chi connectivity index (χ0v) is 19.9. The number of benzene rings is 1. The van der Waals surface area contributed by atoms with Crippen molar-refractivity contribution in [2.45, 2.75) is 86.0 Å². The summed E-state index contributed by atoms with van der Waals surface area (Å²) in [6, 6.07) is 4.54. The van der Waals surface area contributed by atoms with Gasteiger partial charge in [0.05, 0.1) is 6.61 Å². The molecule has 0 radical (unpaired) electrons.